The maximum Gasteiger partial charge on any atom is 0.290 e. The highest BCUT2D eigenvalue weighted by Crippen LogP contribution is 2.41. The minimum atomic E-state index is -0.326. The highest BCUT2D eigenvalue weighted by molar-refractivity contribution is 7.14. The average Bonchev–Trinajstić information content (AvgIpc) is 3.41. The molecule has 1 aliphatic rings. The van der Waals surface area contributed by atoms with Gasteiger partial charge in [0.2, 0.25) is 0 Å². The van der Waals surface area contributed by atoms with Crippen molar-refractivity contribution in [3.8, 4) is 11.3 Å². The first-order chi connectivity index (χ1) is 17.2. The summed E-state index contributed by atoms with van der Waals surface area (Å²) in [5, 5.41) is 17.8. The number of benzene rings is 1. The second kappa shape index (κ2) is 8.96. The topological polar surface area (TPSA) is 113 Å². The number of aliphatic hydroxyl groups excluding tert-OH is 1. The zero-order chi connectivity index (χ0) is 25.6. The van der Waals surface area contributed by atoms with Crippen LogP contribution in [0.3, 0.4) is 0 Å². The number of aliphatic hydroxyl groups is 1. The number of nitrogens with zero attached hydrogens (tertiary/aromatic N) is 5. The molecule has 0 saturated heterocycles. The van der Waals surface area contributed by atoms with Gasteiger partial charge in [0.05, 0.1) is 29.4 Å². The van der Waals surface area contributed by atoms with Crippen molar-refractivity contribution in [2.24, 2.45) is 7.05 Å². The number of hydrogen-bond donors (Lipinski definition) is 2. The van der Waals surface area contributed by atoms with E-state index in [1.54, 1.807) is 30.3 Å². The summed E-state index contributed by atoms with van der Waals surface area (Å²) in [5.41, 5.74) is 3.24. The maximum absolute atomic E-state index is 13.4. The zero-order valence-electron chi connectivity index (χ0n) is 20.4. The number of anilines is 3. The predicted octanol–water partition coefficient (Wildman–Crippen LogP) is 3.99. The van der Waals surface area contributed by atoms with Crippen LogP contribution in [0.25, 0.3) is 11.3 Å². The van der Waals surface area contributed by atoms with Crippen molar-refractivity contribution in [2.45, 2.75) is 39.3 Å². The summed E-state index contributed by atoms with van der Waals surface area (Å²) in [6.07, 6.45) is 2.96. The zero-order valence-corrected chi connectivity index (χ0v) is 21.3. The standard InChI is InChI=1S/C26H26N6O3S/c1-26(2,3)21-10-15-12-32(25(35)23(15)36-21)20-7-5-6-16(17(20)13-33)18-11-19(24(34)31(4)30-18)29-22-8-9-27-14-28-22/h5-11,14,33H,12-13H2,1-4H3,(H,27,28,29). The number of amides is 1. The number of carbonyl (C=O) groups is 1. The summed E-state index contributed by atoms with van der Waals surface area (Å²) in [4.78, 5) is 37.7. The number of nitrogens with one attached hydrogen (secondary N) is 1. The summed E-state index contributed by atoms with van der Waals surface area (Å²) < 4.78 is 1.24. The molecule has 0 aliphatic carbocycles. The van der Waals surface area contributed by atoms with Crippen LogP contribution in [-0.4, -0.2) is 30.8 Å². The number of aryl methyl sites for hydroxylation is 1. The number of rotatable bonds is 5. The molecule has 0 bridgehead atoms. The van der Waals surface area contributed by atoms with E-state index in [1.165, 1.54) is 27.2 Å². The van der Waals surface area contributed by atoms with Gasteiger partial charge in [-0.15, -0.1) is 11.3 Å². The van der Waals surface area contributed by atoms with Crippen molar-refractivity contribution in [2.75, 3.05) is 10.2 Å². The van der Waals surface area contributed by atoms with Gasteiger partial charge in [0.25, 0.3) is 11.5 Å². The minimum absolute atomic E-state index is 0.0251. The van der Waals surface area contributed by atoms with E-state index in [9.17, 15) is 14.7 Å². The Morgan fingerprint density at radius 3 is 2.64 bits per heavy atom. The Labute approximate surface area is 212 Å². The van der Waals surface area contributed by atoms with E-state index in [2.05, 4.69) is 47.2 Å². The molecule has 2 N–H and O–H groups in total. The van der Waals surface area contributed by atoms with Gasteiger partial charge in [0, 0.05) is 29.2 Å². The van der Waals surface area contributed by atoms with E-state index in [0.717, 1.165) is 10.4 Å². The van der Waals surface area contributed by atoms with Crippen LogP contribution in [0.4, 0.5) is 17.2 Å². The van der Waals surface area contributed by atoms with Crippen molar-refractivity contribution >= 4 is 34.4 Å². The van der Waals surface area contributed by atoms with Gasteiger partial charge in [-0.05, 0) is 35.2 Å². The Balaban J connectivity index is 1.54. The highest BCUT2D eigenvalue weighted by Gasteiger charge is 2.34. The quantitative estimate of drug-likeness (QED) is 0.424. The predicted molar refractivity (Wildman–Crippen MR) is 140 cm³/mol. The Morgan fingerprint density at radius 2 is 1.97 bits per heavy atom. The van der Waals surface area contributed by atoms with Gasteiger partial charge < -0.3 is 15.3 Å². The Hall–Kier alpha value is -3.89. The molecule has 0 fully saturated rings. The number of thiophene rings is 1. The minimum Gasteiger partial charge on any atom is -0.392 e. The van der Waals surface area contributed by atoms with Crippen LogP contribution in [0.5, 0.6) is 0 Å². The van der Waals surface area contributed by atoms with Gasteiger partial charge in [-0.3, -0.25) is 9.59 Å². The molecular formula is C26H26N6O3S. The van der Waals surface area contributed by atoms with Crippen molar-refractivity contribution in [3.63, 3.8) is 0 Å². The fourth-order valence-electron chi connectivity index (χ4n) is 4.22. The van der Waals surface area contributed by atoms with Gasteiger partial charge >= 0.3 is 0 Å². The monoisotopic (exact) mass is 502 g/mol. The molecule has 1 aliphatic heterocycles. The third-order valence-corrected chi connectivity index (χ3v) is 7.69. The first-order valence-electron chi connectivity index (χ1n) is 11.5. The molecular weight excluding hydrogens is 476 g/mol. The van der Waals surface area contributed by atoms with Crippen LogP contribution in [0.2, 0.25) is 0 Å². The lowest BCUT2D eigenvalue weighted by Crippen LogP contribution is -2.25. The van der Waals surface area contributed by atoms with E-state index in [1.807, 2.05) is 18.2 Å². The number of aromatic nitrogens is 4. The molecule has 36 heavy (non-hydrogen) atoms. The molecule has 0 radical (unpaired) electrons. The normalized spacial score (nSPS) is 13.2. The van der Waals surface area contributed by atoms with Gasteiger partial charge in [0.1, 0.15) is 17.8 Å². The van der Waals surface area contributed by atoms with Crippen LogP contribution < -0.4 is 15.8 Å². The van der Waals surface area contributed by atoms with E-state index in [4.69, 9.17) is 0 Å². The first-order valence-corrected chi connectivity index (χ1v) is 12.3. The third kappa shape index (κ3) is 4.18. The Kier molecular flexibility index (Phi) is 5.93. The molecule has 10 heteroatoms. The molecule has 1 amide bonds. The average molecular weight is 503 g/mol. The van der Waals surface area contributed by atoms with Gasteiger partial charge in [-0.25, -0.2) is 14.6 Å². The van der Waals surface area contributed by atoms with Crippen molar-refractivity contribution in [3.05, 3.63) is 80.2 Å². The summed E-state index contributed by atoms with van der Waals surface area (Å²) in [6, 6.07) is 10.9. The molecule has 0 unspecified atom stereocenters. The van der Waals surface area contributed by atoms with Gasteiger partial charge in [-0.1, -0.05) is 32.9 Å². The summed E-state index contributed by atoms with van der Waals surface area (Å²) in [5.74, 6) is 0.399. The van der Waals surface area contributed by atoms with Crippen LogP contribution in [0.15, 0.2) is 53.7 Å². The summed E-state index contributed by atoms with van der Waals surface area (Å²) in [6.45, 7) is 6.56. The molecule has 0 saturated carbocycles. The molecule has 5 rings (SSSR count). The van der Waals surface area contributed by atoms with Gasteiger partial charge in [0.15, 0.2) is 0 Å². The van der Waals surface area contributed by atoms with E-state index < -0.39 is 0 Å². The van der Waals surface area contributed by atoms with Crippen LogP contribution >= 0.6 is 11.3 Å². The lowest BCUT2D eigenvalue weighted by molar-refractivity contribution is 0.0999. The van der Waals surface area contributed by atoms with Gasteiger partial charge in [-0.2, -0.15) is 5.10 Å². The molecule has 4 aromatic rings. The molecule has 9 nitrogen and oxygen atoms in total. The Bertz CT molecular complexity index is 1520. The molecule has 3 aromatic heterocycles. The second-order valence-corrected chi connectivity index (χ2v) is 10.7. The smallest absolute Gasteiger partial charge is 0.290 e. The second-order valence-electron chi connectivity index (χ2n) is 9.66. The maximum atomic E-state index is 13.4. The van der Waals surface area contributed by atoms with Crippen LogP contribution in [0.1, 0.15) is 46.4 Å². The van der Waals surface area contributed by atoms with Crippen LogP contribution in [-0.2, 0) is 25.6 Å². The largest absolute Gasteiger partial charge is 0.392 e. The fourth-order valence-corrected chi connectivity index (χ4v) is 5.40. The molecule has 0 atom stereocenters. The number of hydrogen-bond acceptors (Lipinski definition) is 8. The SMILES string of the molecule is Cn1nc(-c2cccc(N3Cc4cc(C(C)(C)C)sc4C3=O)c2CO)cc(Nc2ccncn2)c1=O. The van der Waals surface area contributed by atoms with Crippen molar-refractivity contribution < 1.29 is 9.90 Å². The number of carbonyl (C=O) groups excluding carboxylic acids is 1. The molecule has 4 heterocycles. The molecule has 184 valence electrons. The molecule has 1 aromatic carbocycles. The van der Waals surface area contributed by atoms with Crippen LogP contribution in [0, 0.1) is 0 Å². The fraction of sp³-hybridized carbons (Fsp3) is 0.269. The summed E-state index contributed by atoms with van der Waals surface area (Å²) in [7, 11) is 1.56. The van der Waals surface area contributed by atoms with Crippen molar-refractivity contribution in [1.82, 2.24) is 19.7 Å². The lowest BCUT2D eigenvalue weighted by Gasteiger charge is -2.22. The lowest BCUT2D eigenvalue weighted by atomic mass is 9.94. The summed E-state index contributed by atoms with van der Waals surface area (Å²) >= 11 is 1.53. The highest BCUT2D eigenvalue weighted by atomic mass is 32.1. The number of fused-ring (bicyclic) bond motifs is 1. The van der Waals surface area contributed by atoms with E-state index in [0.29, 0.717) is 34.9 Å². The van der Waals surface area contributed by atoms with E-state index in [-0.39, 0.29) is 29.2 Å². The first kappa shape index (κ1) is 23.8. The Morgan fingerprint density at radius 1 is 1.17 bits per heavy atom. The van der Waals surface area contributed by atoms with Crippen molar-refractivity contribution in [1.29, 1.82) is 0 Å². The van der Waals surface area contributed by atoms with E-state index >= 15 is 0 Å². The molecule has 0 spiro atoms. The third-order valence-electron chi connectivity index (χ3n) is 6.10.